The van der Waals surface area contributed by atoms with E-state index in [1.807, 2.05) is 13.8 Å². The first-order valence-electron chi connectivity index (χ1n) is 6.20. The SMILES string of the molecule is Cc1nc(NN)c(C)c(NC2CCCC2C)n1. The Kier molecular flexibility index (Phi) is 3.47. The van der Waals surface area contributed by atoms with Gasteiger partial charge in [0.15, 0.2) is 0 Å². The normalized spacial score (nSPS) is 23.8. The average Bonchev–Trinajstić information content (AvgIpc) is 2.69. The number of aromatic nitrogens is 2. The molecule has 5 nitrogen and oxygen atoms in total. The fraction of sp³-hybridized carbons (Fsp3) is 0.667. The van der Waals surface area contributed by atoms with Gasteiger partial charge in [0.2, 0.25) is 0 Å². The van der Waals surface area contributed by atoms with Crippen LogP contribution in [0.15, 0.2) is 0 Å². The third kappa shape index (κ3) is 2.49. The Labute approximate surface area is 102 Å². The Morgan fingerprint density at radius 2 is 1.88 bits per heavy atom. The fourth-order valence-electron chi connectivity index (χ4n) is 2.44. The molecule has 1 fully saturated rings. The van der Waals surface area contributed by atoms with Gasteiger partial charge in [-0.15, -0.1) is 0 Å². The molecule has 0 amide bonds. The van der Waals surface area contributed by atoms with Crippen LogP contribution in [0, 0.1) is 19.8 Å². The molecular weight excluding hydrogens is 214 g/mol. The first-order valence-corrected chi connectivity index (χ1v) is 6.20. The van der Waals surface area contributed by atoms with Gasteiger partial charge in [-0.3, -0.25) is 0 Å². The minimum Gasteiger partial charge on any atom is -0.367 e. The molecule has 0 spiro atoms. The van der Waals surface area contributed by atoms with Gasteiger partial charge in [-0.25, -0.2) is 15.8 Å². The molecule has 1 aromatic rings. The minimum atomic E-state index is 0.522. The molecule has 4 N–H and O–H groups in total. The number of hydrogen-bond acceptors (Lipinski definition) is 5. The summed E-state index contributed by atoms with van der Waals surface area (Å²) in [6.45, 7) is 6.15. The predicted molar refractivity (Wildman–Crippen MR) is 69.7 cm³/mol. The molecule has 17 heavy (non-hydrogen) atoms. The molecule has 2 unspecified atom stereocenters. The summed E-state index contributed by atoms with van der Waals surface area (Å²) in [6.07, 6.45) is 3.81. The lowest BCUT2D eigenvalue weighted by Crippen LogP contribution is -2.24. The molecule has 1 aliphatic carbocycles. The Bertz CT molecular complexity index is 404. The van der Waals surface area contributed by atoms with Crippen LogP contribution in [0.1, 0.15) is 37.6 Å². The highest BCUT2D eigenvalue weighted by Gasteiger charge is 2.24. The highest BCUT2D eigenvalue weighted by atomic mass is 15.3. The molecule has 0 aliphatic heterocycles. The van der Waals surface area contributed by atoms with E-state index in [1.54, 1.807) is 0 Å². The first kappa shape index (κ1) is 12.1. The second-order valence-electron chi connectivity index (χ2n) is 4.90. The largest absolute Gasteiger partial charge is 0.367 e. The van der Waals surface area contributed by atoms with Gasteiger partial charge in [0.05, 0.1) is 0 Å². The van der Waals surface area contributed by atoms with Crippen molar-refractivity contribution in [3.05, 3.63) is 11.4 Å². The van der Waals surface area contributed by atoms with E-state index < -0.39 is 0 Å². The lowest BCUT2D eigenvalue weighted by molar-refractivity contribution is 0.554. The van der Waals surface area contributed by atoms with Gasteiger partial charge >= 0.3 is 0 Å². The lowest BCUT2D eigenvalue weighted by Gasteiger charge is -2.20. The number of hydrazine groups is 1. The van der Waals surface area contributed by atoms with Gasteiger partial charge in [0.1, 0.15) is 17.5 Å². The number of nitrogens with one attached hydrogen (secondary N) is 2. The third-order valence-corrected chi connectivity index (χ3v) is 3.58. The topological polar surface area (TPSA) is 75.9 Å². The van der Waals surface area contributed by atoms with Gasteiger partial charge in [0.25, 0.3) is 0 Å². The maximum absolute atomic E-state index is 5.46. The van der Waals surface area contributed by atoms with Gasteiger partial charge in [-0.1, -0.05) is 13.3 Å². The zero-order valence-electron chi connectivity index (χ0n) is 10.7. The summed E-state index contributed by atoms with van der Waals surface area (Å²) in [5.41, 5.74) is 3.60. The van der Waals surface area contributed by atoms with Crippen LogP contribution in [-0.2, 0) is 0 Å². The summed E-state index contributed by atoms with van der Waals surface area (Å²) in [4.78, 5) is 8.72. The Hall–Kier alpha value is -1.36. The Morgan fingerprint density at radius 3 is 2.47 bits per heavy atom. The maximum atomic E-state index is 5.46. The lowest BCUT2D eigenvalue weighted by atomic mass is 10.1. The van der Waals surface area contributed by atoms with Crippen molar-refractivity contribution >= 4 is 11.6 Å². The van der Waals surface area contributed by atoms with Crippen molar-refractivity contribution in [3.8, 4) is 0 Å². The fourth-order valence-corrected chi connectivity index (χ4v) is 2.44. The summed E-state index contributed by atoms with van der Waals surface area (Å²) >= 11 is 0. The molecule has 2 rings (SSSR count). The Morgan fingerprint density at radius 1 is 1.18 bits per heavy atom. The quantitative estimate of drug-likeness (QED) is 0.551. The Balaban J connectivity index is 2.22. The molecule has 2 atom stereocenters. The summed E-state index contributed by atoms with van der Waals surface area (Å²) in [5, 5.41) is 3.53. The van der Waals surface area contributed by atoms with E-state index in [1.165, 1.54) is 19.3 Å². The summed E-state index contributed by atoms with van der Waals surface area (Å²) in [5.74, 6) is 8.50. The van der Waals surface area contributed by atoms with Crippen molar-refractivity contribution in [2.75, 3.05) is 10.7 Å². The second kappa shape index (κ2) is 4.87. The summed E-state index contributed by atoms with van der Waals surface area (Å²) < 4.78 is 0. The highest BCUT2D eigenvalue weighted by Crippen LogP contribution is 2.29. The number of anilines is 2. The molecule has 0 bridgehead atoms. The molecule has 0 radical (unpaired) electrons. The number of rotatable bonds is 3. The molecule has 5 heteroatoms. The maximum Gasteiger partial charge on any atom is 0.148 e. The van der Waals surface area contributed by atoms with Gasteiger partial charge < -0.3 is 10.7 Å². The van der Waals surface area contributed by atoms with Crippen LogP contribution in [0.5, 0.6) is 0 Å². The average molecular weight is 235 g/mol. The molecule has 1 aliphatic rings. The van der Waals surface area contributed by atoms with Crippen molar-refractivity contribution in [1.82, 2.24) is 9.97 Å². The van der Waals surface area contributed by atoms with Crippen LogP contribution in [0.3, 0.4) is 0 Å². The van der Waals surface area contributed by atoms with Gasteiger partial charge in [-0.2, -0.15) is 0 Å². The third-order valence-electron chi connectivity index (χ3n) is 3.58. The highest BCUT2D eigenvalue weighted by molar-refractivity contribution is 5.57. The molecule has 0 saturated heterocycles. The minimum absolute atomic E-state index is 0.522. The van der Waals surface area contributed by atoms with Crippen molar-refractivity contribution in [1.29, 1.82) is 0 Å². The smallest absolute Gasteiger partial charge is 0.148 e. The molecule has 94 valence electrons. The van der Waals surface area contributed by atoms with Crippen LogP contribution in [0.4, 0.5) is 11.6 Å². The number of nitrogens with zero attached hydrogens (tertiary/aromatic N) is 2. The van der Waals surface area contributed by atoms with Crippen molar-refractivity contribution in [2.45, 2.75) is 46.1 Å². The molecule has 1 aromatic heterocycles. The van der Waals surface area contributed by atoms with Crippen LogP contribution in [-0.4, -0.2) is 16.0 Å². The van der Waals surface area contributed by atoms with E-state index in [0.717, 1.165) is 17.2 Å². The zero-order valence-corrected chi connectivity index (χ0v) is 10.7. The summed E-state index contributed by atoms with van der Waals surface area (Å²) in [6, 6.07) is 0.522. The monoisotopic (exact) mass is 235 g/mol. The van der Waals surface area contributed by atoms with Gasteiger partial charge in [-0.05, 0) is 32.6 Å². The second-order valence-corrected chi connectivity index (χ2v) is 4.90. The van der Waals surface area contributed by atoms with Crippen molar-refractivity contribution < 1.29 is 0 Å². The number of nitrogens with two attached hydrogens (primary N) is 1. The number of hydrogen-bond donors (Lipinski definition) is 3. The van der Waals surface area contributed by atoms with E-state index in [2.05, 4.69) is 27.6 Å². The van der Waals surface area contributed by atoms with E-state index in [4.69, 9.17) is 5.84 Å². The van der Waals surface area contributed by atoms with Crippen LogP contribution < -0.4 is 16.6 Å². The zero-order chi connectivity index (χ0) is 12.4. The molecule has 1 saturated carbocycles. The van der Waals surface area contributed by atoms with E-state index in [0.29, 0.717) is 17.8 Å². The molecular formula is C12H21N5. The summed E-state index contributed by atoms with van der Waals surface area (Å²) in [7, 11) is 0. The number of nitrogen functional groups attached to an aromatic ring is 1. The molecule has 0 aromatic carbocycles. The van der Waals surface area contributed by atoms with Crippen LogP contribution in [0.2, 0.25) is 0 Å². The standard InChI is InChI=1S/C12H21N5/c1-7-5-4-6-10(7)16-11-8(2)12(17-13)15-9(3)14-11/h7,10H,4-6,13H2,1-3H3,(H2,14,15,16,17). The first-order chi connectivity index (χ1) is 8.11. The van der Waals surface area contributed by atoms with Crippen molar-refractivity contribution in [3.63, 3.8) is 0 Å². The van der Waals surface area contributed by atoms with Crippen molar-refractivity contribution in [2.24, 2.45) is 11.8 Å². The predicted octanol–water partition coefficient (Wildman–Crippen LogP) is 1.98. The van der Waals surface area contributed by atoms with Gasteiger partial charge in [0, 0.05) is 11.6 Å². The number of aryl methyl sites for hydroxylation is 1. The van der Waals surface area contributed by atoms with Crippen LogP contribution >= 0.6 is 0 Å². The van der Waals surface area contributed by atoms with Crippen LogP contribution in [0.25, 0.3) is 0 Å². The van der Waals surface area contributed by atoms with E-state index in [9.17, 15) is 0 Å². The van der Waals surface area contributed by atoms with E-state index >= 15 is 0 Å². The molecule has 1 heterocycles. The van der Waals surface area contributed by atoms with E-state index in [-0.39, 0.29) is 0 Å².